The summed E-state index contributed by atoms with van der Waals surface area (Å²) in [5, 5.41) is 9.24. The summed E-state index contributed by atoms with van der Waals surface area (Å²) < 4.78 is 10.5. The van der Waals surface area contributed by atoms with Crippen molar-refractivity contribution < 1.29 is 4.74 Å². The molecular weight excluding hydrogens is 362 g/mol. The van der Waals surface area contributed by atoms with Crippen molar-refractivity contribution in [3.05, 3.63) is 64.6 Å². The second-order valence-electron chi connectivity index (χ2n) is 7.03. The molecule has 1 aliphatic heterocycles. The van der Waals surface area contributed by atoms with E-state index in [4.69, 9.17) is 16.3 Å². The largest absolute Gasteiger partial charge is 0.356 e. The highest BCUT2D eigenvalue weighted by Gasteiger charge is 2.28. The van der Waals surface area contributed by atoms with Crippen molar-refractivity contribution >= 4 is 28.3 Å². The monoisotopic (exact) mass is 381 g/mol. The molecule has 3 aromatic heterocycles. The van der Waals surface area contributed by atoms with Gasteiger partial charge in [-0.05, 0) is 49.9 Å². The van der Waals surface area contributed by atoms with Crippen molar-refractivity contribution in [3.63, 3.8) is 0 Å². The first-order chi connectivity index (χ1) is 13.1. The fourth-order valence-electron chi connectivity index (χ4n) is 3.92. The van der Waals surface area contributed by atoms with E-state index >= 15 is 0 Å². The van der Waals surface area contributed by atoms with E-state index in [1.807, 2.05) is 31.2 Å². The van der Waals surface area contributed by atoms with E-state index in [0.717, 1.165) is 58.5 Å². The highest BCUT2D eigenvalue weighted by Crippen LogP contribution is 2.32. The van der Waals surface area contributed by atoms with E-state index in [-0.39, 0.29) is 6.23 Å². The molecule has 138 valence electrons. The van der Waals surface area contributed by atoms with Crippen molar-refractivity contribution in [3.8, 4) is 0 Å². The fourth-order valence-corrected chi connectivity index (χ4v) is 4.14. The molecule has 1 atom stereocenters. The fraction of sp³-hybridized carbons (Fsp3) is 0.300. The first-order valence-electron chi connectivity index (χ1n) is 9.02. The second kappa shape index (κ2) is 6.34. The van der Waals surface area contributed by atoms with Gasteiger partial charge in [0.2, 0.25) is 0 Å². The minimum atomic E-state index is -0.0663. The Hall–Kier alpha value is -2.41. The number of pyridine rings is 1. The van der Waals surface area contributed by atoms with Gasteiger partial charge in [-0.15, -0.1) is 10.2 Å². The van der Waals surface area contributed by atoms with Gasteiger partial charge in [-0.2, -0.15) is 0 Å². The van der Waals surface area contributed by atoms with Crippen LogP contribution in [0.3, 0.4) is 0 Å². The average molecular weight is 382 g/mol. The Kier molecular flexibility index (Phi) is 3.93. The zero-order valence-electron chi connectivity index (χ0n) is 15.3. The number of fused-ring (bicyclic) bond motifs is 3. The number of benzene rings is 1. The molecule has 1 unspecified atom stereocenters. The van der Waals surface area contributed by atoms with Gasteiger partial charge in [0.05, 0.1) is 23.3 Å². The topological polar surface area (TPSA) is 47.6 Å². The highest BCUT2D eigenvalue weighted by molar-refractivity contribution is 6.30. The van der Waals surface area contributed by atoms with Crippen LogP contribution in [0.15, 0.2) is 42.5 Å². The number of hydrogen-bond donors (Lipinski definition) is 0. The molecule has 0 bridgehead atoms. The van der Waals surface area contributed by atoms with Crippen LogP contribution < -0.4 is 0 Å². The summed E-state index contributed by atoms with van der Waals surface area (Å²) >= 11 is 6.21. The number of aryl methyl sites for hydroxylation is 1. The van der Waals surface area contributed by atoms with Gasteiger partial charge in [0, 0.05) is 18.1 Å². The molecule has 0 N–H and O–H groups in total. The minimum absolute atomic E-state index is 0.0663. The molecule has 27 heavy (non-hydrogen) atoms. The van der Waals surface area contributed by atoms with Gasteiger partial charge in [-0.1, -0.05) is 23.7 Å². The van der Waals surface area contributed by atoms with Crippen molar-refractivity contribution in [2.45, 2.75) is 19.7 Å². The summed E-state index contributed by atoms with van der Waals surface area (Å²) in [6.45, 7) is 4.36. The van der Waals surface area contributed by atoms with E-state index in [1.165, 1.54) is 0 Å². The SMILES string of the molecule is Cc1nnc2ccc3c(cc(C4OCCN4C)n3Cc3cccc(Cl)c3)n12. The number of ether oxygens (including phenoxy) is 1. The second-order valence-corrected chi connectivity index (χ2v) is 7.47. The van der Waals surface area contributed by atoms with Crippen LogP contribution in [-0.4, -0.2) is 44.3 Å². The molecule has 0 spiro atoms. The van der Waals surface area contributed by atoms with Gasteiger partial charge < -0.3 is 9.30 Å². The van der Waals surface area contributed by atoms with Gasteiger partial charge in [0.15, 0.2) is 11.9 Å². The van der Waals surface area contributed by atoms with Crippen LogP contribution in [0.5, 0.6) is 0 Å². The molecule has 1 aliphatic rings. The average Bonchev–Trinajstić information content (AvgIpc) is 3.33. The molecule has 4 heterocycles. The van der Waals surface area contributed by atoms with Gasteiger partial charge in [0.1, 0.15) is 5.82 Å². The summed E-state index contributed by atoms with van der Waals surface area (Å²) in [7, 11) is 2.10. The van der Waals surface area contributed by atoms with Crippen molar-refractivity contribution in [1.82, 2.24) is 24.1 Å². The number of likely N-dealkylation sites (N-methyl/N-ethyl adjacent to an activating group) is 1. The normalized spacial score (nSPS) is 18.1. The molecule has 1 aromatic carbocycles. The van der Waals surface area contributed by atoms with E-state index in [0.29, 0.717) is 0 Å². The van der Waals surface area contributed by atoms with E-state index in [9.17, 15) is 0 Å². The molecule has 1 fully saturated rings. The standard InChI is InChI=1S/C20H20ClN5O/c1-13-22-23-19-7-6-16-17(26(13)19)11-18(20-24(2)8-9-27-20)25(16)12-14-4-3-5-15(21)10-14/h3-7,10-11,20H,8-9,12H2,1-2H3. The molecule has 0 aliphatic carbocycles. The first kappa shape index (κ1) is 16.7. The van der Waals surface area contributed by atoms with Crippen LogP contribution in [0.25, 0.3) is 16.7 Å². The Morgan fingerprint density at radius 2 is 2.04 bits per heavy atom. The van der Waals surface area contributed by atoms with Crippen molar-refractivity contribution in [1.29, 1.82) is 0 Å². The Labute approximate surface area is 161 Å². The van der Waals surface area contributed by atoms with Gasteiger partial charge in [-0.3, -0.25) is 9.30 Å². The van der Waals surface area contributed by atoms with Crippen LogP contribution in [0.4, 0.5) is 0 Å². The van der Waals surface area contributed by atoms with E-state index < -0.39 is 0 Å². The van der Waals surface area contributed by atoms with Crippen LogP contribution in [0.1, 0.15) is 23.3 Å². The summed E-state index contributed by atoms with van der Waals surface area (Å²) in [6, 6.07) is 14.3. The molecule has 0 saturated carbocycles. The summed E-state index contributed by atoms with van der Waals surface area (Å²) in [5.41, 5.74) is 5.36. The van der Waals surface area contributed by atoms with Gasteiger partial charge in [0.25, 0.3) is 0 Å². The number of rotatable bonds is 3. The lowest BCUT2D eigenvalue weighted by molar-refractivity contribution is 0.0394. The Morgan fingerprint density at radius 1 is 1.15 bits per heavy atom. The van der Waals surface area contributed by atoms with Crippen LogP contribution in [-0.2, 0) is 11.3 Å². The summed E-state index contributed by atoms with van der Waals surface area (Å²) in [5.74, 6) is 0.878. The Bertz CT molecular complexity index is 1150. The van der Waals surface area contributed by atoms with Gasteiger partial charge in [-0.25, -0.2) is 0 Å². The third kappa shape index (κ3) is 2.72. The zero-order chi connectivity index (χ0) is 18.5. The maximum Gasteiger partial charge on any atom is 0.161 e. The lowest BCUT2D eigenvalue weighted by Crippen LogP contribution is -2.21. The van der Waals surface area contributed by atoms with Crippen LogP contribution in [0, 0.1) is 6.92 Å². The molecule has 5 rings (SSSR count). The summed E-state index contributed by atoms with van der Waals surface area (Å²) in [6.07, 6.45) is -0.0663. The number of aromatic nitrogens is 4. The molecule has 0 radical (unpaired) electrons. The lowest BCUT2D eigenvalue weighted by Gasteiger charge is -2.21. The Morgan fingerprint density at radius 3 is 2.81 bits per heavy atom. The third-order valence-electron chi connectivity index (χ3n) is 5.23. The number of halogens is 1. The van der Waals surface area contributed by atoms with E-state index in [1.54, 1.807) is 0 Å². The molecule has 7 heteroatoms. The molecule has 6 nitrogen and oxygen atoms in total. The highest BCUT2D eigenvalue weighted by atomic mass is 35.5. The first-order valence-corrected chi connectivity index (χ1v) is 9.40. The smallest absolute Gasteiger partial charge is 0.161 e. The maximum absolute atomic E-state index is 6.21. The van der Waals surface area contributed by atoms with Crippen molar-refractivity contribution in [2.75, 3.05) is 20.2 Å². The van der Waals surface area contributed by atoms with Crippen LogP contribution >= 0.6 is 11.6 Å². The van der Waals surface area contributed by atoms with Gasteiger partial charge >= 0.3 is 0 Å². The molecule has 1 saturated heterocycles. The Balaban J connectivity index is 1.75. The maximum atomic E-state index is 6.21. The van der Waals surface area contributed by atoms with Crippen LogP contribution in [0.2, 0.25) is 5.02 Å². The van der Waals surface area contributed by atoms with E-state index in [2.05, 4.69) is 49.3 Å². The predicted octanol–water partition coefficient (Wildman–Crippen LogP) is 3.65. The molecule has 0 amide bonds. The van der Waals surface area contributed by atoms with Crippen molar-refractivity contribution in [2.24, 2.45) is 0 Å². The predicted molar refractivity (Wildman–Crippen MR) is 105 cm³/mol. The number of nitrogens with zero attached hydrogens (tertiary/aromatic N) is 5. The summed E-state index contributed by atoms with van der Waals surface area (Å²) in [4.78, 5) is 2.24. The molecular formula is C20H20ClN5O. The molecule has 4 aromatic rings. The number of hydrogen-bond acceptors (Lipinski definition) is 4. The third-order valence-corrected chi connectivity index (χ3v) is 5.47. The quantitative estimate of drug-likeness (QED) is 0.543. The minimum Gasteiger partial charge on any atom is -0.356 e. The zero-order valence-corrected chi connectivity index (χ0v) is 16.0. The lowest BCUT2D eigenvalue weighted by atomic mass is 10.2.